The van der Waals surface area contributed by atoms with Gasteiger partial charge in [-0.15, -0.1) is 0 Å². The first-order valence-corrected chi connectivity index (χ1v) is 10.2. The molecule has 0 radical (unpaired) electrons. The van der Waals surface area contributed by atoms with Crippen molar-refractivity contribution in [3.05, 3.63) is 29.3 Å². The van der Waals surface area contributed by atoms with E-state index in [2.05, 4.69) is 0 Å². The Balaban J connectivity index is 1.92. The molecular formula is C18H26N2O5S. The van der Waals surface area contributed by atoms with Crippen molar-refractivity contribution in [1.29, 1.82) is 0 Å². The molecule has 0 atom stereocenters. The third-order valence-electron chi connectivity index (χ3n) is 4.58. The number of carbonyl (C=O) groups is 2. The van der Waals surface area contributed by atoms with Gasteiger partial charge in [-0.1, -0.05) is 12.1 Å². The lowest BCUT2D eigenvalue weighted by atomic mass is 10.1. The SMILES string of the molecule is Cc1ccc(C)c(S(=O)(=O)N2CCN(C(=O)CCCCC(=O)O)CC2)c1. The van der Waals surface area contributed by atoms with Crippen LogP contribution in [0.15, 0.2) is 23.1 Å². The third kappa shape index (κ3) is 5.04. The van der Waals surface area contributed by atoms with Gasteiger partial charge in [0.1, 0.15) is 0 Å². The summed E-state index contributed by atoms with van der Waals surface area (Å²) in [5.41, 5.74) is 1.61. The molecule has 7 nitrogen and oxygen atoms in total. The largest absolute Gasteiger partial charge is 0.481 e. The van der Waals surface area contributed by atoms with Crippen LogP contribution < -0.4 is 0 Å². The van der Waals surface area contributed by atoms with Gasteiger partial charge in [-0.25, -0.2) is 8.42 Å². The van der Waals surface area contributed by atoms with E-state index in [1.807, 2.05) is 13.0 Å². The van der Waals surface area contributed by atoms with Gasteiger partial charge in [-0.05, 0) is 43.9 Å². The maximum atomic E-state index is 12.9. The molecular weight excluding hydrogens is 356 g/mol. The molecule has 1 saturated heterocycles. The summed E-state index contributed by atoms with van der Waals surface area (Å²) in [7, 11) is -3.56. The molecule has 26 heavy (non-hydrogen) atoms. The number of hydrogen-bond donors (Lipinski definition) is 1. The molecule has 0 aromatic heterocycles. The summed E-state index contributed by atoms with van der Waals surface area (Å²) in [4.78, 5) is 24.6. The molecule has 0 saturated carbocycles. The molecule has 1 heterocycles. The van der Waals surface area contributed by atoms with Crippen LogP contribution in [0.25, 0.3) is 0 Å². The molecule has 8 heteroatoms. The molecule has 0 aliphatic carbocycles. The van der Waals surface area contributed by atoms with E-state index >= 15 is 0 Å². The first kappa shape index (κ1) is 20.4. The Bertz CT molecular complexity index is 768. The number of hydrogen-bond acceptors (Lipinski definition) is 4. The lowest BCUT2D eigenvalue weighted by Gasteiger charge is -2.34. The number of carbonyl (C=O) groups excluding carboxylic acids is 1. The lowest BCUT2D eigenvalue weighted by molar-refractivity contribution is -0.137. The Hall–Kier alpha value is -1.93. The lowest BCUT2D eigenvalue weighted by Crippen LogP contribution is -2.50. The average molecular weight is 382 g/mol. The number of carboxylic acid groups (broad SMARTS) is 1. The summed E-state index contributed by atoms with van der Waals surface area (Å²) < 4.78 is 27.2. The smallest absolute Gasteiger partial charge is 0.303 e. The van der Waals surface area contributed by atoms with Crippen molar-refractivity contribution in [1.82, 2.24) is 9.21 Å². The number of rotatable bonds is 7. The van der Waals surface area contributed by atoms with Crippen LogP contribution in [0.1, 0.15) is 36.8 Å². The molecule has 1 aromatic carbocycles. The first-order valence-electron chi connectivity index (χ1n) is 8.79. The van der Waals surface area contributed by atoms with Crippen molar-refractivity contribution in [2.45, 2.75) is 44.4 Å². The van der Waals surface area contributed by atoms with E-state index in [0.29, 0.717) is 42.8 Å². The second-order valence-electron chi connectivity index (χ2n) is 6.65. The van der Waals surface area contributed by atoms with Gasteiger partial charge >= 0.3 is 5.97 Å². The maximum Gasteiger partial charge on any atom is 0.303 e. The number of unbranched alkanes of at least 4 members (excludes halogenated alkanes) is 1. The monoisotopic (exact) mass is 382 g/mol. The summed E-state index contributed by atoms with van der Waals surface area (Å²) in [6, 6.07) is 5.37. The number of nitrogens with zero attached hydrogens (tertiary/aromatic N) is 2. The van der Waals surface area contributed by atoms with E-state index < -0.39 is 16.0 Å². The van der Waals surface area contributed by atoms with Crippen molar-refractivity contribution in [2.75, 3.05) is 26.2 Å². The van der Waals surface area contributed by atoms with E-state index in [1.165, 1.54) is 4.31 Å². The minimum absolute atomic E-state index is 0.0424. The molecule has 0 unspecified atom stereocenters. The Morgan fingerprint density at radius 2 is 1.65 bits per heavy atom. The van der Waals surface area contributed by atoms with Crippen molar-refractivity contribution < 1.29 is 23.1 Å². The number of aliphatic carboxylic acids is 1. The second-order valence-corrected chi connectivity index (χ2v) is 8.56. The van der Waals surface area contributed by atoms with Gasteiger partial charge in [-0.2, -0.15) is 4.31 Å². The number of amides is 1. The van der Waals surface area contributed by atoms with Crippen LogP contribution in [0.3, 0.4) is 0 Å². The molecule has 1 fully saturated rings. The Kier molecular flexibility index (Phi) is 6.77. The average Bonchev–Trinajstić information content (AvgIpc) is 2.60. The summed E-state index contributed by atoms with van der Waals surface area (Å²) >= 11 is 0. The Morgan fingerprint density at radius 1 is 1.04 bits per heavy atom. The highest BCUT2D eigenvalue weighted by molar-refractivity contribution is 7.89. The quantitative estimate of drug-likeness (QED) is 0.726. The van der Waals surface area contributed by atoms with Gasteiger partial charge in [-0.3, -0.25) is 9.59 Å². The van der Waals surface area contributed by atoms with Crippen LogP contribution in [0.2, 0.25) is 0 Å². The molecule has 0 bridgehead atoms. The van der Waals surface area contributed by atoms with Crippen molar-refractivity contribution >= 4 is 21.9 Å². The van der Waals surface area contributed by atoms with E-state index in [1.54, 1.807) is 24.0 Å². The molecule has 1 aliphatic heterocycles. The zero-order chi connectivity index (χ0) is 19.3. The summed E-state index contributed by atoms with van der Waals surface area (Å²) in [6.45, 7) is 4.92. The Morgan fingerprint density at radius 3 is 2.27 bits per heavy atom. The summed E-state index contributed by atoms with van der Waals surface area (Å²) in [5, 5.41) is 8.61. The highest BCUT2D eigenvalue weighted by Gasteiger charge is 2.30. The van der Waals surface area contributed by atoms with Crippen molar-refractivity contribution in [3.8, 4) is 0 Å². The molecule has 1 aliphatic rings. The zero-order valence-corrected chi connectivity index (χ0v) is 16.1. The fraction of sp³-hybridized carbons (Fsp3) is 0.556. The van der Waals surface area contributed by atoms with Gasteiger partial charge in [0.2, 0.25) is 15.9 Å². The fourth-order valence-electron chi connectivity index (χ4n) is 3.01. The highest BCUT2D eigenvalue weighted by Crippen LogP contribution is 2.22. The summed E-state index contributed by atoms with van der Waals surface area (Å²) in [5.74, 6) is -0.901. The minimum Gasteiger partial charge on any atom is -0.481 e. The number of sulfonamides is 1. The van der Waals surface area contributed by atoms with E-state index in [0.717, 1.165) is 5.56 Å². The standard InChI is InChI=1S/C18H26N2O5S/c1-14-7-8-15(2)16(13-14)26(24,25)20-11-9-19(10-12-20)17(21)5-3-4-6-18(22)23/h7-8,13H,3-6,9-12H2,1-2H3,(H,22,23). The van der Waals surface area contributed by atoms with Gasteiger partial charge in [0.25, 0.3) is 0 Å². The number of aryl methyl sites for hydroxylation is 2. The van der Waals surface area contributed by atoms with E-state index in [9.17, 15) is 18.0 Å². The van der Waals surface area contributed by atoms with Gasteiger partial charge in [0.15, 0.2) is 0 Å². The fourth-order valence-corrected chi connectivity index (χ4v) is 4.74. The predicted octanol–water partition coefficient (Wildman–Crippen LogP) is 1.78. The van der Waals surface area contributed by atoms with Crippen molar-refractivity contribution in [2.24, 2.45) is 0 Å². The van der Waals surface area contributed by atoms with Crippen LogP contribution in [0, 0.1) is 13.8 Å². The molecule has 1 amide bonds. The second kappa shape index (κ2) is 8.64. The van der Waals surface area contributed by atoms with Gasteiger partial charge in [0.05, 0.1) is 4.90 Å². The number of piperazine rings is 1. The van der Waals surface area contributed by atoms with Crippen molar-refractivity contribution in [3.63, 3.8) is 0 Å². The Labute approximate surface area is 154 Å². The topological polar surface area (TPSA) is 95.0 Å². The van der Waals surface area contributed by atoms with Crippen LogP contribution in [-0.2, 0) is 19.6 Å². The first-order chi connectivity index (χ1) is 12.2. The summed E-state index contributed by atoms with van der Waals surface area (Å²) in [6.07, 6.45) is 1.38. The van der Waals surface area contributed by atoms with Gasteiger partial charge < -0.3 is 10.0 Å². The molecule has 0 spiro atoms. The molecule has 2 rings (SSSR count). The van der Waals surface area contributed by atoms with Crippen LogP contribution >= 0.6 is 0 Å². The maximum absolute atomic E-state index is 12.9. The van der Waals surface area contributed by atoms with Crippen LogP contribution in [0.5, 0.6) is 0 Å². The highest BCUT2D eigenvalue weighted by atomic mass is 32.2. The minimum atomic E-state index is -3.56. The van der Waals surface area contributed by atoms with Crippen LogP contribution in [-0.4, -0.2) is 60.8 Å². The number of benzene rings is 1. The predicted molar refractivity (Wildman–Crippen MR) is 97.4 cm³/mol. The zero-order valence-electron chi connectivity index (χ0n) is 15.3. The molecule has 1 N–H and O–H groups in total. The molecule has 1 aromatic rings. The van der Waals surface area contributed by atoms with Gasteiger partial charge in [0, 0.05) is 39.0 Å². The van der Waals surface area contributed by atoms with Crippen LogP contribution in [0.4, 0.5) is 0 Å². The third-order valence-corrected chi connectivity index (χ3v) is 6.62. The number of carboxylic acids is 1. The van der Waals surface area contributed by atoms with E-state index in [-0.39, 0.29) is 25.4 Å². The normalized spacial score (nSPS) is 15.8. The molecule has 144 valence electrons. The van der Waals surface area contributed by atoms with E-state index in [4.69, 9.17) is 5.11 Å².